The van der Waals surface area contributed by atoms with Crippen LogP contribution < -0.4 is 21.5 Å². The average Bonchev–Trinajstić information content (AvgIpc) is 2.87. The predicted molar refractivity (Wildman–Crippen MR) is 126 cm³/mol. The summed E-state index contributed by atoms with van der Waals surface area (Å²) in [4.78, 5) is 38.8. The molecule has 1 saturated heterocycles. The van der Waals surface area contributed by atoms with Crippen molar-refractivity contribution in [2.75, 3.05) is 26.2 Å². The van der Waals surface area contributed by atoms with Crippen LogP contribution in [0.3, 0.4) is 0 Å². The number of piperidine rings is 1. The highest BCUT2D eigenvalue weighted by atomic mass is 19.4. The minimum absolute atomic E-state index is 0.00567. The number of alkyl halides is 3. The number of hydrogen-bond acceptors (Lipinski definition) is 5. The van der Waals surface area contributed by atoms with Crippen molar-refractivity contribution >= 4 is 17.7 Å². The number of nitrogens with one attached hydrogen (secondary N) is 1. The van der Waals surface area contributed by atoms with Crippen LogP contribution in [-0.2, 0) is 22.3 Å². The molecule has 0 aromatic heterocycles. The van der Waals surface area contributed by atoms with Crippen LogP contribution in [0.2, 0.25) is 0 Å². The molecule has 8 nitrogen and oxygen atoms in total. The molecule has 3 rings (SSSR count). The van der Waals surface area contributed by atoms with E-state index in [2.05, 4.69) is 5.32 Å². The van der Waals surface area contributed by atoms with E-state index in [4.69, 9.17) is 16.2 Å². The molecule has 3 amide bonds. The highest BCUT2D eigenvalue weighted by Gasteiger charge is 2.43. The summed E-state index contributed by atoms with van der Waals surface area (Å²) in [5.41, 5.74) is 9.10. The van der Waals surface area contributed by atoms with Crippen LogP contribution in [0.25, 0.3) is 0 Å². The van der Waals surface area contributed by atoms with Crippen molar-refractivity contribution in [1.82, 2.24) is 10.2 Å². The summed E-state index contributed by atoms with van der Waals surface area (Å²) in [6.45, 7) is 1.32. The van der Waals surface area contributed by atoms with Crippen LogP contribution in [-0.4, -0.2) is 48.9 Å². The minimum atomic E-state index is -4.69. The Balaban J connectivity index is 1.86. The maximum atomic E-state index is 13.9. The number of nitrogens with zero attached hydrogens (tertiary/aromatic N) is 1. The van der Waals surface area contributed by atoms with Crippen LogP contribution in [0, 0.1) is 18.2 Å². The van der Waals surface area contributed by atoms with E-state index in [9.17, 15) is 31.9 Å². The number of nitrogens with two attached hydrogens (primary N) is 2. The third-order valence-electron chi connectivity index (χ3n) is 6.63. The second-order valence-electron chi connectivity index (χ2n) is 8.93. The molecule has 200 valence electrons. The van der Waals surface area contributed by atoms with Gasteiger partial charge in [0.25, 0.3) is 5.91 Å². The van der Waals surface area contributed by atoms with Gasteiger partial charge in [0.15, 0.2) is 0 Å². The largest absolute Gasteiger partial charge is 0.492 e. The van der Waals surface area contributed by atoms with Gasteiger partial charge in [0.2, 0.25) is 11.8 Å². The number of hydrogen-bond donors (Lipinski definition) is 3. The van der Waals surface area contributed by atoms with Crippen molar-refractivity contribution in [3.63, 3.8) is 0 Å². The number of ether oxygens (including phenoxy) is 1. The zero-order chi connectivity index (χ0) is 27.4. The summed E-state index contributed by atoms with van der Waals surface area (Å²) in [6, 6.07) is 6.77. The standard InChI is InChI=1S/C25H28F4N4O4/c1-15-16(3-2-4-19(15)26)13-32-23(36)24(7-9-33(10-8-24)21(34)12-30)14-37-20-11-17(25(27,28)29)5-6-18(20)22(31)35/h2-6,11H,7-10,12-14,30H2,1H3,(H2,31,35)(H,32,36). The Labute approximate surface area is 210 Å². The van der Waals surface area contributed by atoms with Gasteiger partial charge in [-0.15, -0.1) is 0 Å². The van der Waals surface area contributed by atoms with Crippen molar-refractivity contribution in [3.8, 4) is 5.75 Å². The fourth-order valence-electron chi connectivity index (χ4n) is 4.19. The normalized spacial score (nSPS) is 15.2. The summed E-state index contributed by atoms with van der Waals surface area (Å²) in [5, 5.41) is 2.76. The van der Waals surface area contributed by atoms with Gasteiger partial charge in [-0.25, -0.2) is 4.39 Å². The first kappa shape index (κ1) is 27.9. The molecule has 0 spiro atoms. The van der Waals surface area contributed by atoms with Gasteiger partial charge >= 0.3 is 6.18 Å². The monoisotopic (exact) mass is 524 g/mol. The van der Waals surface area contributed by atoms with Gasteiger partial charge in [0.05, 0.1) is 23.1 Å². The Morgan fingerprint density at radius 2 is 1.81 bits per heavy atom. The first-order valence-electron chi connectivity index (χ1n) is 11.5. The molecular weight excluding hydrogens is 496 g/mol. The quantitative estimate of drug-likeness (QED) is 0.458. The van der Waals surface area contributed by atoms with Gasteiger partial charge in [-0.05, 0) is 55.2 Å². The number of likely N-dealkylation sites (tertiary alicyclic amines) is 1. The van der Waals surface area contributed by atoms with Gasteiger partial charge in [-0.2, -0.15) is 13.2 Å². The second-order valence-corrected chi connectivity index (χ2v) is 8.93. The first-order chi connectivity index (χ1) is 17.4. The van der Waals surface area contributed by atoms with E-state index in [0.29, 0.717) is 23.3 Å². The topological polar surface area (TPSA) is 128 Å². The smallest absolute Gasteiger partial charge is 0.416 e. The first-order valence-corrected chi connectivity index (χ1v) is 11.5. The lowest BCUT2D eigenvalue weighted by atomic mass is 9.78. The molecule has 0 bridgehead atoms. The molecule has 5 N–H and O–H groups in total. The van der Waals surface area contributed by atoms with Gasteiger partial charge in [-0.1, -0.05) is 12.1 Å². The molecule has 1 heterocycles. The van der Waals surface area contributed by atoms with E-state index < -0.39 is 40.5 Å². The molecule has 1 aliphatic rings. The number of carbonyl (C=O) groups excluding carboxylic acids is 3. The van der Waals surface area contributed by atoms with Crippen LogP contribution in [0.1, 0.15) is 39.9 Å². The maximum absolute atomic E-state index is 13.9. The molecule has 0 unspecified atom stereocenters. The van der Waals surface area contributed by atoms with Gasteiger partial charge < -0.3 is 26.4 Å². The van der Waals surface area contributed by atoms with Crippen molar-refractivity contribution in [1.29, 1.82) is 0 Å². The summed E-state index contributed by atoms with van der Waals surface area (Å²) in [5.74, 6) is -2.62. The molecule has 0 atom stereocenters. The molecule has 12 heteroatoms. The molecule has 1 fully saturated rings. The van der Waals surface area contributed by atoms with Crippen molar-refractivity contribution in [3.05, 3.63) is 64.5 Å². The lowest BCUT2D eigenvalue weighted by Gasteiger charge is -2.40. The van der Waals surface area contributed by atoms with Crippen molar-refractivity contribution in [2.45, 2.75) is 32.5 Å². The van der Waals surface area contributed by atoms with E-state index in [1.807, 2.05) is 0 Å². The Kier molecular flexibility index (Phi) is 8.42. The molecule has 2 aromatic rings. The number of benzene rings is 2. The molecule has 0 radical (unpaired) electrons. The van der Waals surface area contributed by atoms with Crippen molar-refractivity contribution in [2.24, 2.45) is 16.9 Å². The Morgan fingerprint density at radius 1 is 1.14 bits per heavy atom. The third-order valence-corrected chi connectivity index (χ3v) is 6.63. The zero-order valence-electron chi connectivity index (χ0n) is 20.2. The van der Waals surface area contributed by atoms with Crippen LogP contribution in [0.15, 0.2) is 36.4 Å². The zero-order valence-corrected chi connectivity index (χ0v) is 20.2. The minimum Gasteiger partial charge on any atom is -0.492 e. The fraction of sp³-hybridized carbons (Fsp3) is 0.400. The van der Waals surface area contributed by atoms with Crippen LogP contribution in [0.5, 0.6) is 5.75 Å². The van der Waals surface area contributed by atoms with E-state index >= 15 is 0 Å². The average molecular weight is 525 g/mol. The SMILES string of the molecule is Cc1c(F)cccc1CNC(=O)C1(COc2cc(C(F)(F)F)ccc2C(N)=O)CCN(C(=O)CN)CC1. The maximum Gasteiger partial charge on any atom is 0.416 e. The lowest BCUT2D eigenvalue weighted by molar-refractivity contribution is -0.142. The Hall–Kier alpha value is -3.67. The Morgan fingerprint density at radius 3 is 2.41 bits per heavy atom. The number of halogens is 4. The molecular formula is C25H28F4N4O4. The highest BCUT2D eigenvalue weighted by molar-refractivity contribution is 5.95. The van der Waals surface area contributed by atoms with Gasteiger partial charge in [0, 0.05) is 19.6 Å². The van der Waals surface area contributed by atoms with E-state index in [1.54, 1.807) is 13.0 Å². The summed E-state index contributed by atoms with van der Waals surface area (Å²) >= 11 is 0. The van der Waals surface area contributed by atoms with Crippen molar-refractivity contribution < 1.29 is 36.7 Å². The third kappa shape index (κ3) is 6.37. The predicted octanol–water partition coefficient (Wildman–Crippen LogP) is 2.51. The summed E-state index contributed by atoms with van der Waals surface area (Å²) in [6.07, 6.45) is -4.45. The Bertz CT molecular complexity index is 1180. The molecule has 1 aliphatic heterocycles. The number of carbonyl (C=O) groups is 3. The van der Waals surface area contributed by atoms with Crippen LogP contribution in [0.4, 0.5) is 17.6 Å². The number of primary amides is 1. The van der Waals surface area contributed by atoms with E-state index in [0.717, 1.165) is 6.07 Å². The summed E-state index contributed by atoms with van der Waals surface area (Å²) in [7, 11) is 0. The van der Waals surface area contributed by atoms with E-state index in [-0.39, 0.29) is 57.1 Å². The molecule has 0 aliphatic carbocycles. The summed E-state index contributed by atoms with van der Waals surface area (Å²) < 4.78 is 59.4. The molecule has 2 aromatic carbocycles. The lowest BCUT2D eigenvalue weighted by Crippen LogP contribution is -2.53. The fourth-order valence-corrected chi connectivity index (χ4v) is 4.19. The number of rotatable bonds is 8. The van der Waals surface area contributed by atoms with Crippen LogP contribution >= 0.6 is 0 Å². The highest BCUT2D eigenvalue weighted by Crippen LogP contribution is 2.36. The molecule has 0 saturated carbocycles. The molecule has 37 heavy (non-hydrogen) atoms. The van der Waals surface area contributed by atoms with E-state index in [1.165, 1.54) is 17.0 Å². The van der Waals surface area contributed by atoms with Gasteiger partial charge in [0.1, 0.15) is 18.2 Å². The second kappa shape index (κ2) is 11.2. The number of amides is 3. The van der Waals surface area contributed by atoms with Gasteiger partial charge in [-0.3, -0.25) is 14.4 Å².